The van der Waals surface area contributed by atoms with Gasteiger partial charge in [-0.15, -0.1) is 0 Å². The van der Waals surface area contributed by atoms with Gasteiger partial charge in [-0.1, -0.05) is 6.92 Å². The van der Waals surface area contributed by atoms with Crippen molar-refractivity contribution in [3.63, 3.8) is 0 Å². The van der Waals surface area contributed by atoms with Crippen LogP contribution in [0.4, 0.5) is 24.5 Å². The summed E-state index contributed by atoms with van der Waals surface area (Å²) in [5.74, 6) is -0.800. The number of pyridine rings is 1. The van der Waals surface area contributed by atoms with E-state index < -0.39 is 17.6 Å². The fraction of sp³-hybridized carbons (Fsp3) is 0.211. The second-order valence-electron chi connectivity index (χ2n) is 6.12. The molecule has 6 nitrogen and oxygen atoms in total. The normalized spacial score (nSPS) is 11.5. The molecule has 0 atom stereocenters. The third kappa shape index (κ3) is 3.98. The van der Waals surface area contributed by atoms with Crippen molar-refractivity contribution in [1.82, 2.24) is 9.38 Å². The monoisotopic (exact) mass is 390 g/mol. The summed E-state index contributed by atoms with van der Waals surface area (Å²) in [7, 11) is 0. The van der Waals surface area contributed by atoms with Gasteiger partial charge in [-0.3, -0.25) is 14.0 Å². The van der Waals surface area contributed by atoms with E-state index in [4.69, 9.17) is 0 Å². The highest BCUT2D eigenvalue weighted by atomic mass is 19.4. The summed E-state index contributed by atoms with van der Waals surface area (Å²) in [5, 5.41) is 5.26. The number of nitrogens with zero attached hydrogens (tertiary/aromatic N) is 2. The van der Waals surface area contributed by atoms with Gasteiger partial charge in [0, 0.05) is 24.5 Å². The van der Waals surface area contributed by atoms with Crippen molar-refractivity contribution >= 4 is 28.8 Å². The molecule has 0 bridgehead atoms. The molecule has 0 unspecified atom stereocenters. The fourth-order valence-electron chi connectivity index (χ4n) is 2.78. The second-order valence-corrected chi connectivity index (χ2v) is 6.12. The number of nitrogens with one attached hydrogen (secondary N) is 2. The molecule has 0 aliphatic carbocycles. The lowest BCUT2D eigenvalue weighted by molar-refractivity contribution is -0.137. The molecule has 0 radical (unpaired) electrons. The van der Waals surface area contributed by atoms with Crippen LogP contribution >= 0.6 is 0 Å². The third-order valence-corrected chi connectivity index (χ3v) is 4.03. The van der Waals surface area contributed by atoms with Crippen molar-refractivity contribution in [2.45, 2.75) is 26.4 Å². The molecular formula is C19H17F3N4O2. The lowest BCUT2D eigenvalue weighted by atomic mass is 10.2. The molecule has 28 heavy (non-hydrogen) atoms. The zero-order chi connectivity index (χ0) is 20.5. The van der Waals surface area contributed by atoms with Crippen LogP contribution in [0, 0.1) is 0 Å². The summed E-state index contributed by atoms with van der Waals surface area (Å²) in [5.41, 5.74) is 0.832. The number of halogens is 3. The van der Waals surface area contributed by atoms with E-state index in [1.807, 2.05) is 0 Å². The van der Waals surface area contributed by atoms with Gasteiger partial charge in [-0.05, 0) is 42.8 Å². The van der Waals surface area contributed by atoms with Crippen molar-refractivity contribution in [2.75, 3.05) is 10.6 Å². The molecule has 0 aliphatic heterocycles. The number of benzene rings is 1. The molecular weight excluding hydrogens is 373 g/mol. The maximum absolute atomic E-state index is 13.0. The third-order valence-electron chi connectivity index (χ3n) is 4.03. The number of carbonyl (C=O) groups is 2. The lowest BCUT2D eigenvalue weighted by Gasteiger charge is -2.10. The molecule has 2 aromatic heterocycles. The maximum Gasteiger partial charge on any atom is 0.417 e. The average Bonchev–Trinajstić information content (AvgIpc) is 3.00. The predicted octanol–water partition coefficient (Wildman–Crippen LogP) is 4.13. The first-order chi connectivity index (χ1) is 13.2. The van der Waals surface area contributed by atoms with Crippen molar-refractivity contribution in [1.29, 1.82) is 0 Å². The van der Waals surface area contributed by atoms with Gasteiger partial charge in [-0.25, -0.2) is 4.98 Å². The average molecular weight is 390 g/mol. The number of imidazole rings is 1. The Labute approximate surface area is 158 Å². The molecule has 0 spiro atoms. The van der Waals surface area contributed by atoms with Gasteiger partial charge in [0.1, 0.15) is 11.3 Å². The highest BCUT2D eigenvalue weighted by molar-refractivity contribution is 6.04. The summed E-state index contributed by atoms with van der Waals surface area (Å²) in [6.07, 6.45) is -3.28. The maximum atomic E-state index is 13.0. The molecule has 3 rings (SSSR count). The molecule has 146 valence electrons. The van der Waals surface area contributed by atoms with Crippen LogP contribution in [0.15, 0.2) is 42.6 Å². The molecule has 0 saturated heterocycles. The first-order valence-corrected chi connectivity index (χ1v) is 8.46. The number of anilines is 2. The van der Waals surface area contributed by atoms with Crippen LogP contribution in [0.2, 0.25) is 0 Å². The smallest absolute Gasteiger partial charge is 0.326 e. The Morgan fingerprint density at radius 3 is 2.18 bits per heavy atom. The summed E-state index contributed by atoms with van der Waals surface area (Å²) >= 11 is 0. The summed E-state index contributed by atoms with van der Waals surface area (Å²) in [6.45, 7) is 3.15. The van der Waals surface area contributed by atoms with Crippen molar-refractivity contribution in [3.8, 4) is 0 Å². The molecule has 9 heteroatoms. The topological polar surface area (TPSA) is 75.5 Å². The first-order valence-electron chi connectivity index (χ1n) is 8.46. The zero-order valence-electron chi connectivity index (χ0n) is 15.1. The van der Waals surface area contributed by atoms with Crippen molar-refractivity contribution in [2.24, 2.45) is 0 Å². The van der Waals surface area contributed by atoms with Crippen molar-refractivity contribution in [3.05, 3.63) is 59.5 Å². The number of alkyl halides is 3. The van der Waals surface area contributed by atoms with E-state index in [-0.39, 0.29) is 17.2 Å². The molecule has 2 heterocycles. The van der Waals surface area contributed by atoms with Gasteiger partial charge in [-0.2, -0.15) is 13.2 Å². The van der Waals surface area contributed by atoms with Crippen LogP contribution < -0.4 is 10.6 Å². The minimum atomic E-state index is -4.53. The Balaban J connectivity index is 1.95. The number of fused-ring (bicyclic) bond motifs is 1. The quantitative estimate of drug-likeness (QED) is 0.704. The Morgan fingerprint density at radius 2 is 1.64 bits per heavy atom. The number of amides is 2. The van der Waals surface area contributed by atoms with Crippen LogP contribution in [-0.2, 0) is 17.4 Å². The number of hydrogen-bond acceptors (Lipinski definition) is 3. The van der Waals surface area contributed by atoms with E-state index in [1.54, 1.807) is 31.2 Å². The summed E-state index contributed by atoms with van der Waals surface area (Å²) in [6, 6.07) is 8.55. The van der Waals surface area contributed by atoms with Crippen LogP contribution in [0.3, 0.4) is 0 Å². The van der Waals surface area contributed by atoms with E-state index in [0.29, 0.717) is 23.5 Å². The highest BCUT2D eigenvalue weighted by Crippen LogP contribution is 2.30. The lowest BCUT2D eigenvalue weighted by Crippen LogP contribution is -2.17. The molecule has 2 N–H and O–H groups in total. The second kappa shape index (κ2) is 7.34. The largest absolute Gasteiger partial charge is 0.417 e. The zero-order valence-corrected chi connectivity index (χ0v) is 15.1. The standard InChI is InChI=1S/C19H17F3N4O2/c1-3-15-17(26-10-12(19(20,21)22)4-9-16(26)25-15)18(28)24-14-7-5-13(6-8-14)23-11(2)27/h4-10H,3H2,1-2H3,(H,23,27)(H,24,28). The van der Waals surface area contributed by atoms with E-state index in [9.17, 15) is 22.8 Å². The van der Waals surface area contributed by atoms with Crippen molar-refractivity contribution < 1.29 is 22.8 Å². The Kier molecular flexibility index (Phi) is 5.08. The van der Waals surface area contributed by atoms with Gasteiger partial charge in [0.25, 0.3) is 5.91 Å². The molecule has 0 aliphatic rings. The molecule has 1 aromatic carbocycles. The number of hydrogen-bond donors (Lipinski definition) is 2. The molecule has 0 fully saturated rings. The predicted molar refractivity (Wildman–Crippen MR) is 98.3 cm³/mol. The van der Waals surface area contributed by atoms with Crippen LogP contribution in [0.25, 0.3) is 5.65 Å². The van der Waals surface area contributed by atoms with Crippen LogP contribution in [0.1, 0.15) is 35.6 Å². The highest BCUT2D eigenvalue weighted by Gasteiger charge is 2.31. The fourth-order valence-corrected chi connectivity index (χ4v) is 2.78. The summed E-state index contributed by atoms with van der Waals surface area (Å²) in [4.78, 5) is 28.1. The van der Waals surface area contributed by atoms with Crippen LogP contribution in [-0.4, -0.2) is 21.2 Å². The molecule has 2 amide bonds. The van der Waals surface area contributed by atoms with E-state index in [2.05, 4.69) is 15.6 Å². The first kappa shape index (κ1) is 19.4. The number of aromatic nitrogens is 2. The van der Waals surface area contributed by atoms with Crippen LogP contribution in [0.5, 0.6) is 0 Å². The minimum Gasteiger partial charge on any atom is -0.326 e. The van der Waals surface area contributed by atoms with E-state index in [1.165, 1.54) is 13.0 Å². The molecule has 3 aromatic rings. The number of rotatable bonds is 4. The van der Waals surface area contributed by atoms with Gasteiger partial charge < -0.3 is 10.6 Å². The minimum absolute atomic E-state index is 0.0505. The van der Waals surface area contributed by atoms with Gasteiger partial charge >= 0.3 is 6.18 Å². The Bertz CT molecular complexity index is 1040. The Hall–Kier alpha value is -3.36. The Morgan fingerprint density at radius 1 is 1.04 bits per heavy atom. The van der Waals surface area contributed by atoms with E-state index >= 15 is 0 Å². The number of aryl methyl sites for hydroxylation is 1. The molecule has 0 saturated carbocycles. The van der Waals surface area contributed by atoms with Gasteiger partial charge in [0.05, 0.1) is 11.3 Å². The van der Waals surface area contributed by atoms with Gasteiger partial charge in [0.15, 0.2) is 0 Å². The SMILES string of the molecule is CCc1nc2ccc(C(F)(F)F)cn2c1C(=O)Nc1ccc(NC(C)=O)cc1. The van der Waals surface area contributed by atoms with Gasteiger partial charge in [0.2, 0.25) is 5.91 Å². The summed E-state index contributed by atoms with van der Waals surface area (Å²) < 4.78 is 40.3. The number of carbonyl (C=O) groups excluding carboxylic acids is 2. The van der Waals surface area contributed by atoms with E-state index in [0.717, 1.165) is 16.7 Å².